The van der Waals surface area contributed by atoms with Gasteiger partial charge in [-0.05, 0) is 30.5 Å². The predicted molar refractivity (Wildman–Crippen MR) is 84.3 cm³/mol. The molecule has 1 aliphatic heterocycles. The molecule has 0 saturated carbocycles. The number of carboxylic acids is 1. The number of aromatic amines is 1. The lowest BCUT2D eigenvalue weighted by atomic mass is 10.1. The maximum atomic E-state index is 11.3. The van der Waals surface area contributed by atoms with Crippen LogP contribution in [-0.2, 0) is 6.42 Å². The summed E-state index contributed by atoms with van der Waals surface area (Å²) in [6, 6.07) is 3.15. The summed E-state index contributed by atoms with van der Waals surface area (Å²) in [4.78, 5) is 14.5. The Balaban J connectivity index is 2.25. The Labute approximate surface area is 123 Å². The highest BCUT2D eigenvalue weighted by Crippen LogP contribution is 2.52. The molecule has 0 bridgehead atoms. The van der Waals surface area contributed by atoms with Crippen molar-refractivity contribution in [3.8, 4) is 0 Å². The highest BCUT2D eigenvalue weighted by atomic mass is 32.3. The van der Waals surface area contributed by atoms with E-state index < -0.39 is 16.7 Å². The molecule has 3 rings (SSSR count). The first-order valence-electron chi connectivity index (χ1n) is 6.85. The quantitative estimate of drug-likeness (QED) is 0.697. The Kier molecular flexibility index (Phi) is 3.35. The first-order valence-corrected chi connectivity index (χ1v) is 8.52. The van der Waals surface area contributed by atoms with Gasteiger partial charge in [0.15, 0.2) is 0 Å². The van der Waals surface area contributed by atoms with E-state index in [-0.39, 0.29) is 5.56 Å². The first-order chi connectivity index (χ1) is 9.94. The molecule has 0 unspecified atom stereocenters. The van der Waals surface area contributed by atoms with Gasteiger partial charge in [-0.1, -0.05) is 6.92 Å². The summed E-state index contributed by atoms with van der Waals surface area (Å²) >= 11 is 0. The number of rotatable bonds is 3. The summed E-state index contributed by atoms with van der Waals surface area (Å²) in [6.45, 7) is 2.51. The predicted octanol–water partition coefficient (Wildman–Crippen LogP) is 3.30. The average molecular weight is 310 g/mol. The molecule has 0 amide bonds. The molecule has 1 fully saturated rings. The van der Waals surface area contributed by atoms with Crippen molar-refractivity contribution in [3.05, 3.63) is 29.5 Å². The molecule has 1 aromatic carbocycles. The second-order valence-corrected chi connectivity index (χ2v) is 7.30. The number of fused-ring (bicyclic) bond motifs is 1. The van der Waals surface area contributed by atoms with Crippen molar-refractivity contribution in [1.29, 1.82) is 0 Å². The van der Waals surface area contributed by atoms with E-state index in [1.165, 1.54) is 10.4 Å². The normalized spacial score (nSPS) is 19.1. The Morgan fingerprint density at radius 2 is 2.19 bits per heavy atom. The number of H-pyrrole nitrogens is 1. The number of carbonyl (C=O) groups is 1. The van der Waals surface area contributed by atoms with E-state index in [4.69, 9.17) is 0 Å². The van der Waals surface area contributed by atoms with Gasteiger partial charge in [0.25, 0.3) is 0 Å². The van der Waals surface area contributed by atoms with Crippen LogP contribution in [0.15, 0.2) is 18.3 Å². The van der Waals surface area contributed by atoms with E-state index in [9.17, 15) is 19.0 Å². The van der Waals surface area contributed by atoms with E-state index >= 15 is 0 Å². The van der Waals surface area contributed by atoms with Crippen LogP contribution in [0.1, 0.15) is 29.3 Å². The van der Waals surface area contributed by atoms with E-state index in [0.717, 1.165) is 22.9 Å². The monoisotopic (exact) mass is 310 g/mol. The summed E-state index contributed by atoms with van der Waals surface area (Å²) in [6.07, 6.45) is 3.31. The smallest absolute Gasteiger partial charge is 0.335 e. The molecule has 1 saturated heterocycles. The number of aromatic nitrogens is 1. The zero-order valence-corrected chi connectivity index (χ0v) is 12.5. The third-order valence-corrected chi connectivity index (χ3v) is 5.80. The third kappa shape index (κ3) is 2.27. The molecule has 2 heterocycles. The second-order valence-electron chi connectivity index (χ2n) is 5.18. The van der Waals surface area contributed by atoms with Crippen LogP contribution >= 0.6 is 10.8 Å². The lowest BCUT2D eigenvalue weighted by molar-refractivity contribution is 0.0697. The van der Waals surface area contributed by atoms with Crippen LogP contribution in [0.4, 0.5) is 5.69 Å². The molecule has 0 radical (unpaired) electrons. The number of benzene rings is 1. The van der Waals surface area contributed by atoms with Crippen LogP contribution in [-0.4, -0.2) is 37.5 Å². The van der Waals surface area contributed by atoms with Crippen molar-refractivity contribution in [3.63, 3.8) is 0 Å². The molecular weight excluding hydrogens is 292 g/mol. The van der Waals surface area contributed by atoms with Gasteiger partial charge in [-0.2, -0.15) is 0 Å². The number of hydrogen-bond acceptors (Lipinski definition) is 4. The molecule has 0 spiro atoms. The van der Waals surface area contributed by atoms with Crippen LogP contribution in [0, 0.1) is 0 Å². The average Bonchev–Trinajstić information content (AvgIpc) is 3.00. The molecule has 0 aliphatic carbocycles. The Morgan fingerprint density at radius 3 is 2.76 bits per heavy atom. The summed E-state index contributed by atoms with van der Waals surface area (Å²) in [5, 5.41) is 10.1. The van der Waals surface area contributed by atoms with Crippen LogP contribution in [0.25, 0.3) is 10.9 Å². The molecule has 114 valence electrons. The Hall–Kier alpha value is -1.70. The Morgan fingerprint density at radius 1 is 1.43 bits per heavy atom. The number of aryl methyl sites for hydroxylation is 1. The molecule has 0 atom stereocenters. The lowest BCUT2D eigenvalue weighted by Gasteiger charge is -2.38. The van der Waals surface area contributed by atoms with Crippen molar-refractivity contribution in [1.82, 2.24) is 4.98 Å². The first kappa shape index (κ1) is 14.2. The number of anilines is 1. The van der Waals surface area contributed by atoms with Crippen molar-refractivity contribution in [2.75, 3.05) is 16.6 Å². The van der Waals surface area contributed by atoms with Crippen LogP contribution in [0.2, 0.25) is 0 Å². The van der Waals surface area contributed by atoms with Gasteiger partial charge in [0.05, 0.1) is 22.5 Å². The largest absolute Gasteiger partial charge is 0.478 e. The Bertz CT molecular complexity index is 710. The van der Waals surface area contributed by atoms with Gasteiger partial charge >= 0.3 is 5.97 Å². The van der Waals surface area contributed by atoms with Gasteiger partial charge in [-0.3, -0.25) is 13.4 Å². The molecule has 1 aromatic heterocycles. The number of nitrogens with zero attached hydrogens (tertiary/aromatic N) is 1. The molecular formula is C14H18N2O4S. The topological polar surface area (TPSA) is 96.8 Å². The molecule has 21 heavy (non-hydrogen) atoms. The fourth-order valence-electron chi connectivity index (χ4n) is 2.82. The number of aromatic carboxylic acids is 1. The van der Waals surface area contributed by atoms with Crippen molar-refractivity contribution < 1.29 is 19.0 Å². The molecule has 2 aromatic rings. The maximum absolute atomic E-state index is 11.3. The zero-order valence-electron chi connectivity index (χ0n) is 11.7. The standard InChI is InChI=1S/C14H18N2O4S/c1-2-9-8-15-13-11(9)6-10(14(17)18)7-12(13)16-4-3-5-21(16,19)20/h6-8,15,19-20H,2-5H2,1H3,(H,17,18). The minimum Gasteiger partial charge on any atom is -0.478 e. The highest BCUT2D eigenvalue weighted by molar-refractivity contribution is 8.25. The summed E-state index contributed by atoms with van der Waals surface area (Å²) in [7, 11) is -2.85. The maximum Gasteiger partial charge on any atom is 0.335 e. The number of hydrogen-bond donors (Lipinski definition) is 4. The molecule has 6 nitrogen and oxygen atoms in total. The second kappa shape index (κ2) is 4.94. The van der Waals surface area contributed by atoms with E-state index in [1.54, 1.807) is 6.07 Å². The summed E-state index contributed by atoms with van der Waals surface area (Å²) in [5.41, 5.74) is 2.50. The minimum atomic E-state index is -2.85. The SMILES string of the molecule is CCc1c[nH]c2c(N3CCCS3(O)O)cc(C(=O)O)cc12. The van der Waals surface area contributed by atoms with E-state index in [0.29, 0.717) is 24.4 Å². The third-order valence-electron chi connectivity index (χ3n) is 3.88. The van der Waals surface area contributed by atoms with Gasteiger partial charge in [0.2, 0.25) is 0 Å². The lowest BCUT2D eigenvalue weighted by Crippen LogP contribution is -2.22. The highest BCUT2D eigenvalue weighted by Gasteiger charge is 2.31. The van der Waals surface area contributed by atoms with E-state index in [2.05, 4.69) is 4.98 Å². The van der Waals surface area contributed by atoms with Crippen LogP contribution < -0.4 is 4.31 Å². The van der Waals surface area contributed by atoms with Gasteiger partial charge in [0.1, 0.15) is 0 Å². The van der Waals surface area contributed by atoms with Crippen molar-refractivity contribution in [2.45, 2.75) is 19.8 Å². The van der Waals surface area contributed by atoms with Gasteiger partial charge in [0, 0.05) is 18.1 Å². The zero-order chi connectivity index (χ0) is 15.2. The number of carboxylic acid groups (broad SMARTS) is 1. The van der Waals surface area contributed by atoms with E-state index in [1.807, 2.05) is 13.1 Å². The molecule has 4 N–H and O–H groups in total. The van der Waals surface area contributed by atoms with Crippen molar-refractivity contribution >= 4 is 33.3 Å². The summed E-state index contributed by atoms with van der Waals surface area (Å²) < 4.78 is 21.9. The van der Waals surface area contributed by atoms with Gasteiger partial charge in [-0.25, -0.2) is 4.79 Å². The number of nitrogens with one attached hydrogen (secondary N) is 1. The fraction of sp³-hybridized carbons (Fsp3) is 0.357. The van der Waals surface area contributed by atoms with Crippen LogP contribution in [0.3, 0.4) is 0 Å². The molecule has 1 aliphatic rings. The van der Waals surface area contributed by atoms with Gasteiger partial charge < -0.3 is 10.1 Å². The molecule has 7 heteroatoms. The summed E-state index contributed by atoms with van der Waals surface area (Å²) in [5.74, 6) is -0.690. The van der Waals surface area contributed by atoms with Gasteiger partial charge in [-0.15, -0.1) is 10.8 Å². The van der Waals surface area contributed by atoms with Crippen LogP contribution in [0.5, 0.6) is 0 Å². The fourth-order valence-corrected chi connectivity index (χ4v) is 4.43. The van der Waals surface area contributed by atoms with Crippen molar-refractivity contribution in [2.24, 2.45) is 0 Å². The minimum absolute atomic E-state index is 0.161.